The van der Waals surface area contributed by atoms with E-state index in [2.05, 4.69) is 26.1 Å². The van der Waals surface area contributed by atoms with E-state index in [-0.39, 0.29) is 5.25 Å². The molecule has 2 bridgehead atoms. The average Bonchev–Trinajstić information content (AvgIpc) is 2.88. The first-order chi connectivity index (χ1) is 8.76. The van der Waals surface area contributed by atoms with Gasteiger partial charge >= 0.3 is 0 Å². The van der Waals surface area contributed by atoms with E-state index in [1.165, 1.54) is 19.3 Å². The van der Waals surface area contributed by atoms with E-state index in [9.17, 15) is 8.42 Å². The maximum absolute atomic E-state index is 11.9. The lowest BCUT2D eigenvalue weighted by Crippen LogP contribution is -2.52. The van der Waals surface area contributed by atoms with Gasteiger partial charge in [0.15, 0.2) is 9.84 Å². The van der Waals surface area contributed by atoms with Crippen LogP contribution in [0.4, 0.5) is 0 Å². The van der Waals surface area contributed by atoms with Gasteiger partial charge in [-0.2, -0.15) is 0 Å². The maximum atomic E-state index is 11.9. The van der Waals surface area contributed by atoms with Crippen LogP contribution >= 0.6 is 0 Å². The maximum Gasteiger partial charge on any atom is 0.154 e. The van der Waals surface area contributed by atoms with Crippen molar-refractivity contribution in [2.24, 2.45) is 16.7 Å². The van der Waals surface area contributed by atoms with Gasteiger partial charge in [-0.05, 0) is 48.9 Å². The SMILES string of the molecule is CC12CCC(C1)C(C)(C)C2NCC1CCCS1(=O)=O. The van der Waals surface area contributed by atoms with Crippen LogP contribution in [0.5, 0.6) is 0 Å². The third-order valence-electron chi connectivity index (χ3n) is 6.28. The Kier molecular flexibility index (Phi) is 3.07. The number of fused-ring (bicyclic) bond motifs is 2. The number of nitrogens with one attached hydrogen (secondary N) is 1. The second-order valence-electron chi connectivity index (χ2n) is 7.89. The Hall–Kier alpha value is -0.0900. The van der Waals surface area contributed by atoms with Crippen molar-refractivity contribution in [2.45, 2.75) is 64.2 Å². The van der Waals surface area contributed by atoms with Gasteiger partial charge in [-0.1, -0.05) is 20.8 Å². The smallest absolute Gasteiger partial charge is 0.154 e. The molecule has 0 spiro atoms. The Morgan fingerprint density at radius 3 is 2.47 bits per heavy atom. The molecule has 1 N–H and O–H groups in total. The molecular weight excluding hydrogens is 258 g/mol. The third kappa shape index (κ3) is 2.06. The molecule has 0 aromatic carbocycles. The highest BCUT2D eigenvalue weighted by atomic mass is 32.2. The van der Waals surface area contributed by atoms with Crippen LogP contribution in [-0.4, -0.2) is 32.0 Å². The minimum absolute atomic E-state index is 0.133. The first kappa shape index (κ1) is 13.9. The van der Waals surface area contributed by atoms with E-state index in [1.54, 1.807) is 0 Å². The van der Waals surface area contributed by atoms with Crippen LogP contribution in [0.1, 0.15) is 52.9 Å². The Balaban J connectivity index is 1.70. The van der Waals surface area contributed by atoms with Crippen molar-refractivity contribution >= 4 is 9.84 Å². The molecule has 1 heterocycles. The van der Waals surface area contributed by atoms with Crippen molar-refractivity contribution in [3.05, 3.63) is 0 Å². The highest BCUT2D eigenvalue weighted by Crippen LogP contribution is 2.62. The zero-order valence-electron chi connectivity index (χ0n) is 12.4. The number of hydrogen-bond acceptors (Lipinski definition) is 3. The summed E-state index contributed by atoms with van der Waals surface area (Å²) >= 11 is 0. The summed E-state index contributed by atoms with van der Waals surface area (Å²) in [5.74, 6) is 1.21. The second kappa shape index (κ2) is 4.20. The van der Waals surface area contributed by atoms with Crippen LogP contribution in [0.3, 0.4) is 0 Å². The van der Waals surface area contributed by atoms with Gasteiger partial charge in [0.1, 0.15) is 0 Å². The quantitative estimate of drug-likeness (QED) is 0.866. The van der Waals surface area contributed by atoms with Crippen LogP contribution in [0.15, 0.2) is 0 Å². The van der Waals surface area contributed by atoms with Crippen molar-refractivity contribution in [1.82, 2.24) is 5.32 Å². The van der Waals surface area contributed by atoms with Crippen LogP contribution in [0.2, 0.25) is 0 Å². The zero-order chi connectivity index (χ0) is 13.9. The molecule has 0 radical (unpaired) electrons. The first-order valence-corrected chi connectivity index (χ1v) is 9.42. The van der Waals surface area contributed by atoms with Crippen LogP contribution in [-0.2, 0) is 9.84 Å². The molecule has 1 saturated heterocycles. The van der Waals surface area contributed by atoms with Crippen LogP contribution < -0.4 is 5.32 Å². The molecule has 110 valence electrons. The van der Waals surface area contributed by atoms with Gasteiger partial charge in [0.25, 0.3) is 0 Å². The normalized spacial score (nSPS) is 46.8. The molecule has 3 nitrogen and oxygen atoms in total. The Bertz CT molecular complexity index is 466. The van der Waals surface area contributed by atoms with Crippen molar-refractivity contribution in [1.29, 1.82) is 0 Å². The zero-order valence-corrected chi connectivity index (χ0v) is 13.2. The van der Waals surface area contributed by atoms with Gasteiger partial charge in [0.2, 0.25) is 0 Å². The summed E-state index contributed by atoms with van der Waals surface area (Å²) in [7, 11) is -2.81. The molecule has 3 rings (SSSR count). The molecule has 19 heavy (non-hydrogen) atoms. The topological polar surface area (TPSA) is 46.2 Å². The second-order valence-corrected chi connectivity index (χ2v) is 10.3. The van der Waals surface area contributed by atoms with Crippen LogP contribution in [0.25, 0.3) is 0 Å². The molecule has 0 aromatic heterocycles. The fourth-order valence-corrected chi connectivity index (χ4v) is 6.93. The van der Waals surface area contributed by atoms with Crippen LogP contribution in [0, 0.1) is 16.7 Å². The van der Waals surface area contributed by atoms with E-state index in [4.69, 9.17) is 0 Å². The molecule has 1 aliphatic heterocycles. The van der Waals surface area contributed by atoms with Crippen molar-refractivity contribution in [3.63, 3.8) is 0 Å². The van der Waals surface area contributed by atoms with Gasteiger partial charge in [-0.25, -0.2) is 8.42 Å². The lowest BCUT2D eigenvalue weighted by molar-refractivity contribution is 0.109. The summed E-state index contributed by atoms with van der Waals surface area (Å²) in [5, 5.41) is 3.53. The minimum Gasteiger partial charge on any atom is -0.312 e. The molecule has 2 saturated carbocycles. The number of rotatable bonds is 3. The van der Waals surface area contributed by atoms with Gasteiger partial charge in [0.05, 0.1) is 11.0 Å². The number of sulfone groups is 1. The monoisotopic (exact) mass is 285 g/mol. The summed E-state index contributed by atoms with van der Waals surface area (Å²) in [4.78, 5) is 0. The van der Waals surface area contributed by atoms with Crippen molar-refractivity contribution in [3.8, 4) is 0 Å². The highest BCUT2D eigenvalue weighted by molar-refractivity contribution is 7.92. The Morgan fingerprint density at radius 1 is 1.21 bits per heavy atom. The standard InChI is InChI=1S/C15H27NO2S/c1-14(2)11-6-7-15(3,9-11)13(14)16-10-12-5-4-8-19(12,17)18/h11-13,16H,4-10H2,1-3H3. The van der Waals surface area contributed by atoms with Gasteiger partial charge in [0, 0.05) is 12.6 Å². The molecule has 3 aliphatic rings. The fraction of sp³-hybridized carbons (Fsp3) is 1.00. The predicted molar refractivity (Wildman–Crippen MR) is 77.8 cm³/mol. The predicted octanol–water partition coefficient (Wildman–Crippen LogP) is 2.37. The molecule has 0 aromatic rings. The van der Waals surface area contributed by atoms with E-state index < -0.39 is 9.84 Å². The molecule has 0 amide bonds. The molecule has 3 fully saturated rings. The first-order valence-electron chi connectivity index (χ1n) is 7.71. The molecule has 4 heteroatoms. The van der Waals surface area contributed by atoms with Gasteiger partial charge in [-0.15, -0.1) is 0 Å². The lowest BCUT2D eigenvalue weighted by atomic mass is 9.68. The summed E-state index contributed by atoms with van der Waals surface area (Å²) < 4.78 is 23.9. The van der Waals surface area contributed by atoms with Gasteiger partial charge < -0.3 is 5.32 Å². The third-order valence-corrected chi connectivity index (χ3v) is 8.56. The number of hydrogen-bond donors (Lipinski definition) is 1. The summed E-state index contributed by atoms with van der Waals surface area (Å²) in [6, 6.07) is 0.481. The van der Waals surface area contributed by atoms with E-state index in [0.29, 0.717) is 29.2 Å². The fourth-order valence-electron chi connectivity index (χ4n) is 5.15. The highest BCUT2D eigenvalue weighted by Gasteiger charge is 2.59. The summed E-state index contributed by atoms with van der Waals surface area (Å²) in [6.07, 6.45) is 5.67. The van der Waals surface area contributed by atoms with E-state index in [1.807, 2.05) is 0 Å². The van der Waals surface area contributed by atoms with E-state index >= 15 is 0 Å². The van der Waals surface area contributed by atoms with Gasteiger partial charge in [-0.3, -0.25) is 0 Å². The summed E-state index contributed by atoms with van der Waals surface area (Å²) in [5.41, 5.74) is 0.700. The Labute approximate surface area is 117 Å². The summed E-state index contributed by atoms with van der Waals surface area (Å²) in [6.45, 7) is 7.78. The molecular formula is C15H27NO2S. The Morgan fingerprint density at radius 2 is 1.95 bits per heavy atom. The lowest BCUT2D eigenvalue weighted by Gasteiger charge is -2.43. The van der Waals surface area contributed by atoms with E-state index in [0.717, 1.165) is 18.8 Å². The molecule has 4 atom stereocenters. The average molecular weight is 285 g/mol. The van der Waals surface area contributed by atoms with Crippen molar-refractivity contribution < 1.29 is 8.42 Å². The molecule has 2 aliphatic carbocycles. The van der Waals surface area contributed by atoms with Crippen molar-refractivity contribution in [2.75, 3.05) is 12.3 Å². The largest absolute Gasteiger partial charge is 0.312 e. The molecule has 4 unspecified atom stereocenters. The minimum atomic E-state index is -2.81.